The second-order valence-corrected chi connectivity index (χ2v) is 4.63. The number of amides is 1. The maximum absolute atomic E-state index is 11.9. The van der Waals surface area contributed by atoms with Crippen LogP contribution in [-0.4, -0.2) is 23.2 Å². The SMILES string of the molecule is CC(O)C(C)N1C(=O)Cc2ccc(Cl)cc21. The fraction of sp³-hybridized carbons (Fsp3) is 0.417. The molecule has 0 bridgehead atoms. The highest BCUT2D eigenvalue weighted by atomic mass is 35.5. The Balaban J connectivity index is 2.42. The molecule has 2 unspecified atom stereocenters. The van der Waals surface area contributed by atoms with E-state index >= 15 is 0 Å². The van der Waals surface area contributed by atoms with E-state index < -0.39 is 6.10 Å². The van der Waals surface area contributed by atoms with Crippen molar-refractivity contribution < 1.29 is 9.90 Å². The largest absolute Gasteiger partial charge is 0.391 e. The average Bonchev–Trinajstić information content (AvgIpc) is 2.52. The Labute approximate surface area is 99.6 Å². The van der Waals surface area contributed by atoms with Crippen LogP contribution in [0.5, 0.6) is 0 Å². The highest BCUT2D eigenvalue weighted by Gasteiger charge is 2.32. The third-order valence-electron chi connectivity index (χ3n) is 3.02. The van der Waals surface area contributed by atoms with Crippen LogP contribution in [0.15, 0.2) is 18.2 Å². The van der Waals surface area contributed by atoms with Gasteiger partial charge >= 0.3 is 0 Å². The van der Waals surface area contributed by atoms with Gasteiger partial charge in [-0.3, -0.25) is 4.79 Å². The summed E-state index contributed by atoms with van der Waals surface area (Å²) >= 11 is 5.92. The third-order valence-corrected chi connectivity index (χ3v) is 3.26. The van der Waals surface area contributed by atoms with Gasteiger partial charge in [-0.05, 0) is 31.5 Å². The molecule has 0 fully saturated rings. The van der Waals surface area contributed by atoms with Crippen LogP contribution in [0.2, 0.25) is 5.02 Å². The summed E-state index contributed by atoms with van der Waals surface area (Å²) in [5.74, 6) is 0.0191. The zero-order valence-corrected chi connectivity index (χ0v) is 10.0. The average molecular weight is 240 g/mol. The van der Waals surface area contributed by atoms with Crippen LogP contribution >= 0.6 is 11.6 Å². The molecule has 2 atom stereocenters. The molecule has 1 aromatic carbocycles. The minimum Gasteiger partial charge on any atom is -0.391 e. The number of carbonyl (C=O) groups excluding carboxylic acids is 1. The third kappa shape index (κ3) is 1.81. The van der Waals surface area contributed by atoms with Gasteiger partial charge in [0.1, 0.15) is 0 Å². The first-order chi connectivity index (χ1) is 7.50. The van der Waals surface area contributed by atoms with Gasteiger partial charge in [0.2, 0.25) is 5.91 Å². The van der Waals surface area contributed by atoms with Gasteiger partial charge < -0.3 is 10.0 Å². The molecule has 1 amide bonds. The summed E-state index contributed by atoms with van der Waals surface area (Å²) in [5.41, 5.74) is 1.80. The highest BCUT2D eigenvalue weighted by Crippen LogP contribution is 2.33. The molecule has 16 heavy (non-hydrogen) atoms. The van der Waals surface area contributed by atoms with Crippen LogP contribution in [-0.2, 0) is 11.2 Å². The van der Waals surface area contributed by atoms with Crippen LogP contribution in [0.3, 0.4) is 0 Å². The predicted molar refractivity (Wildman–Crippen MR) is 63.8 cm³/mol. The van der Waals surface area contributed by atoms with E-state index in [0.29, 0.717) is 11.4 Å². The summed E-state index contributed by atoms with van der Waals surface area (Å²) in [6, 6.07) is 5.20. The van der Waals surface area contributed by atoms with Gasteiger partial charge in [-0.1, -0.05) is 17.7 Å². The van der Waals surface area contributed by atoms with Crippen molar-refractivity contribution in [1.82, 2.24) is 0 Å². The van der Waals surface area contributed by atoms with E-state index in [9.17, 15) is 9.90 Å². The fourth-order valence-electron chi connectivity index (χ4n) is 1.96. The van der Waals surface area contributed by atoms with Crippen molar-refractivity contribution in [1.29, 1.82) is 0 Å². The van der Waals surface area contributed by atoms with Crippen molar-refractivity contribution in [3.63, 3.8) is 0 Å². The lowest BCUT2D eigenvalue weighted by molar-refractivity contribution is -0.118. The Kier molecular flexibility index (Phi) is 2.91. The second-order valence-electron chi connectivity index (χ2n) is 4.19. The van der Waals surface area contributed by atoms with Gasteiger partial charge in [0.25, 0.3) is 0 Å². The summed E-state index contributed by atoms with van der Waals surface area (Å²) in [5, 5.41) is 10.2. The molecule has 0 aliphatic carbocycles. The first-order valence-electron chi connectivity index (χ1n) is 5.29. The van der Waals surface area contributed by atoms with Crippen molar-refractivity contribution in [2.75, 3.05) is 4.90 Å². The first-order valence-corrected chi connectivity index (χ1v) is 5.67. The van der Waals surface area contributed by atoms with Crippen molar-refractivity contribution in [2.24, 2.45) is 0 Å². The van der Waals surface area contributed by atoms with Gasteiger partial charge in [-0.25, -0.2) is 0 Å². The number of aliphatic hydroxyl groups excluding tert-OH is 1. The molecular formula is C12H14ClNO2. The quantitative estimate of drug-likeness (QED) is 0.858. The number of anilines is 1. The standard InChI is InChI=1S/C12H14ClNO2/c1-7(8(2)15)14-11-6-10(13)4-3-9(11)5-12(14)16/h3-4,6-8,15H,5H2,1-2H3. The van der Waals surface area contributed by atoms with E-state index in [1.165, 1.54) is 0 Å². The summed E-state index contributed by atoms with van der Waals surface area (Å²) in [7, 11) is 0. The Hall–Kier alpha value is -1.06. The van der Waals surface area contributed by atoms with E-state index in [1.54, 1.807) is 24.0 Å². The van der Waals surface area contributed by atoms with Crippen LogP contribution in [0, 0.1) is 0 Å². The molecule has 1 aliphatic rings. The smallest absolute Gasteiger partial charge is 0.231 e. The lowest BCUT2D eigenvalue weighted by Gasteiger charge is -2.27. The minimum atomic E-state index is -0.561. The van der Waals surface area contributed by atoms with Crippen molar-refractivity contribution in [3.8, 4) is 0 Å². The van der Waals surface area contributed by atoms with Crippen LogP contribution in [0.1, 0.15) is 19.4 Å². The fourth-order valence-corrected chi connectivity index (χ4v) is 2.12. The van der Waals surface area contributed by atoms with Crippen LogP contribution < -0.4 is 4.90 Å². The lowest BCUT2D eigenvalue weighted by atomic mass is 10.1. The molecule has 0 saturated carbocycles. The molecular weight excluding hydrogens is 226 g/mol. The summed E-state index contributed by atoms with van der Waals surface area (Å²) in [6.07, 6.45) is -0.169. The van der Waals surface area contributed by atoms with Gasteiger partial charge in [0.15, 0.2) is 0 Å². The summed E-state index contributed by atoms with van der Waals surface area (Å²) in [6.45, 7) is 3.51. The molecule has 4 heteroatoms. The molecule has 1 aromatic rings. The topological polar surface area (TPSA) is 40.5 Å². The number of benzene rings is 1. The minimum absolute atomic E-state index is 0.0191. The normalized spacial score (nSPS) is 18.5. The molecule has 1 heterocycles. The molecule has 0 spiro atoms. The van der Waals surface area contributed by atoms with Crippen molar-refractivity contribution in [3.05, 3.63) is 28.8 Å². The zero-order chi connectivity index (χ0) is 11.9. The molecule has 1 N–H and O–H groups in total. The maximum atomic E-state index is 11.9. The number of halogens is 1. The number of nitrogens with zero attached hydrogens (tertiary/aromatic N) is 1. The number of carbonyl (C=O) groups is 1. The number of hydrogen-bond acceptors (Lipinski definition) is 2. The van der Waals surface area contributed by atoms with E-state index in [1.807, 2.05) is 13.0 Å². The van der Waals surface area contributed by atoms with E-state index in [4.69, 9.17) is 11.6 Å². The van der Waals surface area contributed by atoms with E-state index in [0.717, 1.165) is 11.3 Å². The second kappa shape index (κ2) is 4.07. The lowest BCUT2D eigenvalue weighted by Crippen LogP contribution is -2.42. The van der Waals surface area contributed by atoms with Gasteiger partial charge in [-0.15, -0.1) is 0 Å². The molecule has 2 rings (SSSR count). The Bertz CT molecular complexity index is 431. The summed E-state index contributed by atoms with van der Waals surface area (Å²) in [4.78, 5) is 13.5. The maximum Gasteiger partial charge on any atom is 0.231 e. The van der Waals surface area contributed by atoms with Gasteiger partial charge in [0, 0.05) is 10.7 Å². The van der Waals surface area contributed by atoms with Crippen molar-refractivity contribution >= 4 is 23.2 Å². The summed E-state index contributed by atoms with van der Waals surface area (Å²) < 4.78 is 0. The monoisotopic (exact) mass is 239 g/mol. The predicted octanol–water partition coefficient (Wildman–Crippen LogP) is 2.00. The van der Waals surface area contributed by atoms with Crippen LogP contribution in [0.25, 0.3) is 0 Å². The van der Waals surface area contributed by atoms with Gasteiger partial charge in [-0.2, -0.15) is 0 Å². The number of rotatable bonds is 2. The molecule has 86 valence electrons. The zero-order valence-electron chi connectivity index (χ0n) is 9.27. The first kappa shape index (κ1) is 11.4. The number of hydrogen-bond donors (Lipinski definition) is 1. The Morgan fingerprint density at radius 2 is 2.12 bits per heavy atom. The van der Waals surface area contributed by atoms with Gasteiger partial charge in [0.05, 0.1) is 18.6 Å². The van der Waals surface area contributed by atoms with Crippen LogP contribution in [0.4, 0.5) is 5.69 Å². The number of fused-ring (bicyclic) bond motifs is 1. The van der Waals surface area contributed by atoms with Crippen molar-refractivity contribution in [2.45, 2.75) is 32.4 Å². The molecule has 1 aliphatic heterocycles. The number of aliphatic hydroxyl groups is 1. The Morgan fingerprint density at radius 3 is 2.75 bits per heavy atom. The molecule has 0 radical (unpaired) electrons. The Morgan fingerprint density at radius 1 is 1.44 bits per heavy atom. The highest BCUT2D eigenvalue weighted by molar-refractivity contribution is 6.31. The molecule has 3 nitrogen and oxygen atoms in total. The molecule has 0 saturated heterocycles. The van der Waals surface area contributed by atoms with E-state index in [-0.39, 0.29) is 11.9 Å². The van der Waals surface area contributed by atoms with E-state index in [2.05, 4.69) is 0 Å². The molecule has 0 aromatic heterocycles.